The summed E-state index contributed by atoms with van der Waals surface area (Å²) in [4.78, 5) is 0. The topological polar surface area (TPSA) is 0 Å². The average molecular weight is 383 g/mol. The van der Waals surface area contributed by atoms with E-state index in [2.05, 4.69) is 27.4 Å². The zero-order valence-electron chi connectivity index (χ0n) is 17.6. The van der Waals surface area contributed by atoms with E-state index in [9.17, 15) is 0 Å². The van der Waals surface area contributed by atoms with Crippen LogP contribution in [-0.4, -0.2) is 35.0 Å². The molecule has 3 fully saturated rings. The normalized spacial score (nSPS) is 32.4. The van der Waals surface area contributed by atoms with Crippen LogP contribution in [0.3, 0.4) is 0 Å². The van der Waals surface area contributed by atoms with Gasteiger partial charge in [0.05, 0.1) is 0 Å². The van der Waals surface area contributed by atoms with E-state index in [1.807, 2.05) is 0 Å². The average Bonchev–Trinajstić information content (AvgIpc) is 3.12. The van der Waals surface area contributed by atoms with Crippen LogP contribution in [-0.2, 0) is 0 Å². The molecule has 0 amide bonds. The van der Waals surface area contributed by atoms with Crippen LogP contribution in [0.2, 0.25) is 0 Å². The highest BCUT2D eigenvalue weighted by atomic mass is 31.1. The number of rotatable bonds is 6. The van der Waals surface area contributed by atoms with Gasteiger partial charge in [-0.05, 0) is 79.4 Å². The van der Waals surface area contributed by atoms with Gasteiger partial charge in [0.1, 0.15) is 0 Å². The maximum absolute atomic E-state index is 2.75. The fourth-order valence-electron chi connectivity index (χ4n) is 6.36. The molecular formula is C23H44P2. The Labute approximate surface area is 161 Å². The van der Waals surface area contributed by atoms with Gasteiger partial charge in [-0.2, -0.15) is 0 Å². The Hall–Kier alpha value is 0.860. The summed E-state index contributed by atoms with van der Waals surface area (Å²) in [7, 11) is 0.509. The predicted octanol–water partition coefficient (Wildman–Crippen LogP) is 8.21. The van der Waals surface area contributed by atoms with Crippen LogP contribution < -0.4 is 0 Å². The second kappa shape index (κ2) is 9.87. The first-order valence-corrected chi connectivity index (χ1v) is 15.1. The van der Waals surface area contributed by atoms with Crippen molar-refractivity contribution in [3.8, 4) is 0 Å². The predicted molar refractivity (Wildman–Crippen MR) is 119 cm³/mol. The first kappa shape index (κ1) is 20.6. The summed E-state index contributed by atoms with van der Waals surface area (Å²) in [6.07, 6.45) is 20.3. The van der Waals surface area contributed by atoms with Crippen molar-refractivity contribution < 1.29 is 0 Å². The minimum Gasteiger partial charge on any atom is -0.104 e. The Morgan fingerprint density at radius 1 is 0.640 bits per heavy atom. The monoisotopic (exact) mass is 382 g/mol. The summed E-state index contributed by atoms with van der Waals surface area (Å²) in [6, 6.07) is 0. The first-order valence-electron chi connectivity index (χ1n) is 11.6. The third-order valence-corrected chi connectivity index (χ3v) is 15.3. The molecule has 0 aromatic rings. The molecule has 3 aliphatic carbocycles. The van der Waals surface area contributed by atoms with Crippen molar-refractivity contribution in [2.75, 3.05) is 6.66 Å². The van der Waals surface area contributed by atoms with Crippen LogP contribution in [0.15, 0.2) is 0 Å². The summed E-state index contributed by atoms with van der Waals surface area (Å²) < 4.78 is 0. The Morgan fingerprint density at radius 2 is 1.16 bits per heavy atom. The van der Waals surface area contributed by atoms with Gasteiger partial charge in [-0.15, -0.1) is 7.92 Å². The minimum atomic E-state index is 0.238. The largest absolute Gasteiger partial charge is 0.104 e. The highest BCUT2D eigenvalue weighted by Gasteiger charge is 2.42. The molecular weight excluding hydrogens is 338 g/mol. The Balaban J connectivity index is 1.76. The molecule has 4 unspecified atom stereocenters. The van der Waals surface area contributed by atoms with Crippen LogP contribution in [0.25, 0.3) is 0 Å². The summed E-state index contributed by atoms with van der Waals surface area (Å²) >= 11 is 0. The molecule has 2 heteroatoms. The Morgan fingerprint density at radius 3 is 1.64 bits per heavy atom. The van der Waals surface area contributed by atoms with Gasteiger partial charge >= 0.3 is 0 Å². The van der Waals surface area contributed by atoms with Gasteiger partial charge in [0.15, 0.2) is 0 Å². The highest BCUT2D eigenvalue weighted by molar-refractivity contribution is 7.60. The van der Waals surface area contributed by atoms with Crippen LogP contribution in [0.5, 0.6) is 0 Å². The molecule has 25 heavy (non-hydrogen) atoms. The van der Waals surface area contributed by atoms with E-state index in [-0.39, 0.29) is 15.8 Å². The van der Waals surface area contributed by atoms with E-state index in [0.717, 1.165) is 34.2 Å². The van der Waals surface area contributed by atoms with Crippen molar-refractivity contribution in [1.82, 2.24) is 0 Å². The molecule has 3 rings (SSSR count). The van der Waals surface area contributed by atoms with E-state index in [1.54, 1.807) is 64.2 Å². The maximum Gasteiger partial charge on any atom is -0.0175 e. The number of hydrogen-bond donors (Lipinski definition) is 0. The molecule has 4 atom stereocenters. The van der Waals surface area contributed by atoms with Crippen molar-refractivity contribution >= 4 is 15.8 Å². The minimum absolute atomic E-state index is 0.238. The van der Waals surface area contributed by atoms with E-state index in [0.29, 0.717) is 0 Å². The fraction of sp³-hybridized carbons (Fsp3) is 1.00. The van der Waals surface area contributed by atoms with Gasteiger partial charge in [-0.3, -0.25) is 0 Å². The number of hydrogen-bond acceptors (Lipinski definition) is 0. The zero-order valence-corrected chi connectivity index (χ0v) is 19.3. The third kappa shape index (κ3) is 5.02. The van der Waals surface area contributed by atoms with Gasteiger partial charge in [0, 0.05) is 0 Å². The molecule has 0 radical (unpaired) electrons. The lowest BCUT2D eigenvalue weighted by Gasteiger charge is -2.46. The molecule has 146 valence electrons. The molecule has 3 saturated carbocycles. The van der Waals surface area contributed by atoms with Gasteiger partial charge < -0.3 is 0 Å². The van der Waals surface area contributed by atoms with Crippen LogP contribution in [0.1, 0.15) is 104 Å². The van der Waals surface area contributed by atoms with Crippen molar-refractivity contribution in [3.63, 3.8) is 0 Å². The van der Waals surface area contributed by atoms with Crippen LogP contribution in [0.4, 0.5) is 0 Å². The maximum atomic E-state index is 2.75. The molecule has 3 aliphatic rings. The molecule has 0 aromatic carbocycles. The van der Waals surface area contributed by atoms with E-state index in [4.69, 9.17) is 0 Å². The van der Waals surface area contributed by atoms with Crippen molar-refractivity contribution in [3.05, 3.63) is 0 Å². The van der Waals surface area contributed by atoms with Crippen LogP contribution >= 0.6 is 15.8 Å². The summed E-state index contributed by atoms with van der Waals surface area (Å²) in [6.45, 7) is 10.4. The zero-order chi connectivity index (χ0) is 17.8. The lowest BCUT2D eigenvalue weighted by Crippen LogP contribution is -2.32. The molecule has 0 aliphatic heterocycles. The summed E-state index contributed by atoms with van der Waals surface area (Å²) in [5.41, 5.74) is 5.39. The van der Waals surface area contributed by atoms with E-state index >= 15 is 0 Å². The highest BCUT2D eigenvalue weighted by Crippen LogP contribution is 2.64. The van der Waals surface area contributed by atoms with Crippen molar-refractivity contribution in [1.29, 1.82) is 0 Å². The van der Waals surface area contributed by atoms with Crippen molar-refractivity contribution in [2.24, 2.45) is 5.92 Å². The second-order valence-corrected chi connectivity index (χ2v) is 15.9. The van der Waals surface area contributed by atoms with Crippen LogP contribution in [0, 0.1) is 5.92 Å². The molecule has 0 aromatic heterocycles. The van der Waals surface area contributed by atoms with Gasteiger partial charge in [0.25, 0.3) is 0 Å². The lowest BCUT2D eigenvalue weighted by molar-refractivity contribution is 0.466. The Kier molecular flexibility index (Phi) is 8.13. The standard InChI is InChI=1S/C23H44P2/c1-18(2)24(4)23-17-11-16-22(23)19(3)25(20-12-7-5-8-13-20)21-14-9-6-10-15-21/h18-23H,5-17H2,1-4H3. The quantitative estimate of drug-likeness (QED) is 0.406. The molecule has 0 spiro atoms. The smallest absolute Gasteiger partial charge is 0.0175 e. The second-order valence-electron chi connectivity index (χ2n) is 9.69. The van der Waals surface area contributed by atoms with E-state index < -0.39 is 0 Å². The first-order chi connectivity index (χ1) is 12.1. The van der Waals surface area contributed by atoms with E-state index in [1.165, 1.54) is 19.3 Å². The molecule has 0 bridgehead atoms. The lowest BCUT2D eigenvalue weighted by atomic mass is 9.99. The molecule has 0 heterocycles. The summed E-state index contributed by atoms with van der Waals surface area (Å²) in [5.74, 6) is 1.09. The van der Waals surface area contributed by atoms with Gasteiger partial charge in [0.2, 0.25) is 0 Å². The molecule has 0 nitrogen and oxygen atoms in total. The SMILES string of the molecule is CC(C)P(C)C1CCCC1C(C)P(C1CCCCC1)C1CCCCC1. The molecule has 0 N–H and O–H groups in total. The van der Waals surface area contributed by atoms with Gasteiger partial charge in [-0.1, -0.05) is 73.6 Å². The Bertz CT molecular complexity index is 364. The fourth-order valence-corrected chi connectivity index (χ4v) is 13.5. The summed E-state index contributed by atoms with van der Waals surface area (Å²) in [5, 5.41) is 0. The molecule has 0 saturated heterocycles. The van der Waals surface area contributed by atoms with Gasteiger partial charge in [-0.25, -0.2) is 0 Å². The third-order valence-electron chi connectivity index (χ3n) is 7.95. The van der Waals surface area contributed by atoms with Crippen molar-refractivity contribution in [2.45, 2.75) is 133 Å².